The molecule has 0 spiro atoms. The SMILES string of the molecule is CC(I)(C(=O)OCC12CC3CC(CC(CO)(C3)C1)C2)S(=O)(=O)O. The molecule has 4 saturated carbocycles. The third-order valence-corrected chi connectivity index (χ3v) is 9.24. The number of esters is 1. The second-order valence-corrected chi connectivity index (χ2v) is 12.7. The van der Waals surface area contributed by atoms with Crippen molar-refractivity contribution in [2.24, 2.45) is 22.7 Å². The number of alkyl halides is 1. The third kappa shape index (κ3) is 3.04. The van der Waals surface area contributed by atoms with E-state index in [1.165, 1.54) is 29.0 Å². The van der Waals surface area contributed by atoms with Crippen molar-refractivity contribution in [1.82, 2.24) is 0 Å². The molecule has 23 heavy (non-hydrogen) atoms. The fourth-order valence-corrected chi connectivity index (χ4v) is 5.88. The first-order chi connectivity index (χ1) is 10.5. The van der Waals surface area contributed by atoms with Gasteiger partial charge >= 0.3 is 5.97 Å². The fourth-order valence-electron chi connectivity index (χ4n) is 5.46. The highest BCUT2D eigenvalue weighted by Gasteiger charge is 2.58. The summed E-state index contributed by atoms with van der Waals surface area (Å²) in [6.07, 6.45) is 6.06. The summed E-state index contributed by atoms with van der Waals surface area (Å²) < 4.78 is 35.2. The first kappa shape index (κ1) is 17.9. The van der Waals surface area contributed by atoms with Gasteiger partial charge in [-0.2, -0.15) is 8.42 Å². The molecule has 132 valence electrons. The smallest absolute Gasteiger partial charge is 0.339 e. The van der Waals surface area contributed by atoms with Crippen LogP contribution < -0.4 is 0 Å². The second kappa shape index (κ2) is 5.54. The Kier molecular flexibility index (Phi) is 4.30. The van der Waals surface area contributed by atoms with E-state index in [2.05, 4.69) is 0 Å². The first-order valence-corrected chi connectivity index (χ1v) is 10.5. The largest absolute Gasteiger partial charge is 0.463 e. The molecule has 0 saturated heterocycles. The summed E-state index contributed by atoms with van der Waals surface area (Å²) in [6.45, 7) is 1.49. The van der Waals surface area contributed by atoms with Crippen molar-refractivity contribution < 1.29 is 27.6 Å². The Labute approximate surface area is 150 Å². The lowest BCUT2D eigenvalue weighted by molar-refractivity contribution is -0.169. The Hall–Kier alpha value is 0.0700. The summed E-state index contributed by atoms with van der Waals surface area (Å²) in [4.78, 5) is 12.1. The number of hydrogen-bond donors (Lipinski definition) is 2. The highest BCUT2D eigenvalue weighted by Crippen LogP contribution is 2.65. The lowest BCUT2D eigenvalue weighted by Gasteiger charge is -2.61. The van der Waals surface area contributed by atoms with Crippen LogP contribution in [0.15, 0.2) is 0 Å². The van der Waals surface area contributed by atoms with Crippen LogP contribution in [0.4, 0.5) is 0 Å². The van der Waals surface area contributed by atoms with Crippen molar-refractivity contribution in [1.29, 1.82) is 0 Å². The minimum atomic E-state index is -4.52. The molecule has 0 aromatic carbocycles. The Morgan fingerprint density at radius 3 is 2.26 bits per heavy atom. The van der Waals surface area contributed by atoms with Crippen molar-refractivity contribution in [3.63, 3.8) is 0 Å². The predicted molar refractivity (Wildman–Crippen MR) is 91.6 cm³/mol. The van der Waals surface area contributed by atoms with E-state index in [0.29, 0.717) is 11.8 Å². The van der Waals surface area contributed by atoms with Crippen molar-refractivity contribution in [3.8, 4) is 0 Å². The summed E-state index contributed by atoms with van der Waals surface area (Å²) in [5.41, 5.74) is -0.193. The van der Waals surface area contributed by atoms with Gasteiger partial charge in [-0.3, -0.25) is 4.55 Å². The van der Waals surface area contributed by atoms with E-state index in [1.807, 2.05) is 0 Å². The number of ether oxygens (including phenoxy) is 1. The lowest BCUT2D eigenvalue weighted by atomic mass is 9.44. The van der Waals surface area contributed by atoms with Crippen molar-refractivity contribution in [2.75, 3.05) is 13.2 Å². The van der Waals surface area contributed by atoms with E-state index in [0.717, 1.165) is 39.0 Å². The summed E-state index contributed by atoms with van der Waals surface area (Å²) in [6, 6.07) is 0. The molecule has 4 aliphatic carbocycles. The van der Waals surface area contributed by atoms with Gasteiger partial charge in [0, 0.05) is 12.0 Å². The molecule has 6 nitrogen and oxygen atoms in total. The zero-order valence-corrected chi connectivity index (χ0v) is 16.1. The van der Waals surface area contributed by atoms with Crippen LogP contribution in [-0.4, -0.2) is 40.0 Å². The van der Waals surface area contributed by atoms with Crippen LogP contribution in [0.5, 0.6) is 0 Å². The van der Waals surface area contributed by atoms with E-state index < -0.39 is 18.8 Å². The molecule has 0 aliphatic heterocycles. The van der Waals surface area contributed by atoms with Crippen molar-refractivity contribution in [2.45, 2.75) is 48.2 Å². The summed E-state index contributed by atoms with van der Waals surface area (Å²) in [5.74, 6) is 0.207. The Bertz CT molecular complexity index is 599. The second-order valence-electron chi connectivity index (χ2n) is 8.09. The molecule has 0 heterocycles. The fraction of sp³-hybridized carbons (Fsp3) is 0.933. The number of rotatable bonds is 5. The van der Waals surface area contributed by atoms with Crippen molar-refractivity contribution >= 4 is 38.7 Å². The Balaban J connectivity index is 1.72. The van der Waals surface area contributed by atoms with Crippen LogP contribution in [0.3, 0.4) is 0 Å². The number of hydrogen-bond acceptors (Lipinski definition) is 5. The van der Waals surface area contributed by atoms with Crippen LogP contribution in [0.2, 0.25) is 0 Å². The molecule has 0 aromatic rings. The van der Waals surface area contributed by atoms with E-state index in [-0.39, 0.29) is 24.0 Å². The van der Waals surface area contributed by atoms with Gasteiger partial charge in [0.2, 0.25) is 2.75 Å². The van der Waals surface area contributed by atoms with Crippen LogP contribution in [-0.2, 0) is 19.6 Å². The maximum Gasteiger partial charge on any atom is 0.339 e. The molecule has 4 fully saturated rings. The van der Waals surface area contributed by atoms with Gasteiger partial charge in [0.1, 0.15) is 0 Å². The zero-order valence-electron chi connectivity index (χ0n) is 13.1. The molecule has 0 amide bonds. The highest BCUT2D eigenvalue weighted by molar-refractivity contribution is 14.1. The lowest BCUT2D eigenvalue weighted by Crippen LogP contribution is -2.55. The van der Waals surface area contributed by atoms with Gasteiger partial charge < -0.3 is 9.84 Å². The maximum atomic E-state index is 12.1. The van der Waals surface area contributed by atoms with E-state index in [4.69, 9.17) is 4.74 Å². The van der Waals surface area contributed by atoms with Gasteiger partial charge in [-0.15, -0.1) is 0 Å². The third-order valence-electron chi connectivity index (χ3n) is 6.00. The molecule has 4 rings (SSSR count). The first-order valence-electron chi connectivity index (χ1n) is 7.95. The minimum Gasteiger partial charge on any atom is -0.463 e. The Morgan fingerprint density at radius 1 is 1.26 bits per heavy atom. The average molecular weight is 458 g/mol. The topological polar surface area (TPSA) is 101 Å². The monoisotopic (exact) mass is 458 g/mol. The zero-order chi connectivity index (χ0) is 17.1. The summed E-state index contributed by atoms with van der Waals surface area (Å²) in [5, 5.41) is 9.84. The average Bonchev–Trinajstić information content (AvgIpc) is 2.42. The summed E-state index contributed by atoms with van der Waals surface area (Å²) >= 11 is 1.41. The number of halogens is 1. The highest BCUT2D eigenvalue weighted by atomic mass is 127. The standard InChI is InChI=1S/C15H23IO6S/c1-13(16,23(19,20)21)12(18)22-9-15-5-10-2-11(6-15)4-14(3-10,7-15)8-17/h10-11,17H,2-9H2,1H3,(H,19,20,21). The van der Waals surface area contributed by atoms with Crippen LogP contribution in [0, 0.1) is 22.7 Å². The van der Waals surface area contributed by atoms with Crippen LogP contribution >= 0.6 is 22.6 Å². The molecule has 2 N–H and O–H groups in total. The predicted octanol–water partition coefficient (Wildman–Crippen LogP) is 2.15. The van der Waals surface area contributed by atoms with Crippen LogP contribution in [0.25, 0.3) is 0 Å². The minimum absolute atomic E-state index is 0.0484. The molecule has 3 atom stereocenters. The van der Waals surface area contributed by atoms with Gasteiger partial charge in [-0.05, 0) is 85.3 Å². The summed E-state index contributed by atoms with van der Waals surface area (Å²) in [7, 11) is -4.52. The van der Waals surface area contributed by atoms with E-state index in [1.54, 1.807) is 0 Å². The molecule has 4 aliphatic rings. The van der Waals surface area contributed by atoms with Crippen molar-refractivity contribution in [3.05, 3.63) is 0 Å². The van der Waals surface area contributed by atoms with Gasteiger partial charge in [0.25, 0.3) is 10.1 Å². The van der Waals surface area contributed by atoms with Gasteiger partial charge in [0.05, 0.1) is 6.61 Å². The normalized spacial score (nSPS) is 41.6. The molecule has 4 bridgehead atoms. The molecular formula is C15H23IO6S. The Morgan fingerprint density at radius 2 is 1.78 bits per heavy atom. The molecule has 8 heteroatoms. The number of aliphatic hydroxyl groups excluding tert-OH is 1. The van der Waals surface area contributed by atoms with Gasteiger partial charge in [-0.1, -0.05) is 0 Å². The number of aliphatic hydroxyl groups is 1. The van der Waals surface area contributed by atoms with Gasteiger partial charge in [0.15, 0.2) is 0 Å². The quantitative estimate of drug-likeness (QED) is 0.284. The molecule has 3 unspecified atom stereocenters. The van der Waals surface area contributed by atoms with E-state index >= 15 is 0 Å². The number of carbonyl (C=O) groups is 1. The maximum absolute atomic E-state index is 12.1. The molecule has 0 radical (unpaired) electrons. The van der Waals surface area contributed by atoms with Crippen LogP contribution in [0.1, 0.15) is 45.4 Å². The number of carbonyl (C=O) groups excluding carboxylic acids is 1. The molecule has 0 aromatic heterocycles. The molecular weight excluding hydrogens is 435 g/mol. The van der Waals surface area contributed by atoms with E-state index in [9.17, 15) is 22.9 Å². The van der Waals surface area contributed by atoms with Gasteiger partial charge in [-0.25, -0.2) is 4.79 Å².